The Morgan fingerprint density at radius 1 is 0.368 bits per heavy atom. The Morgan fingerprint density at radius 3 is 1.01 bits per heavy atom. The molecule has 0 aliphatic heterocycles. The van der Waals surface area contributed by atoms with Crippen molar-refractivity contribution in [3.05, 3.63) is 24.3 Å². The van der Waals surface area contributed by atoms with Crippen LogP contribution in [0.5, 0.6) is 0 Å². The molecule has 6 heteroatoms. The average Bonchev–Trinajstić information content (AvgIpc) is 3.42. The van der Waals surface area contributed by atoms with Crippen LogP contribution in [0.25, 0.3) is 0 Å². The van der Waals surface area contributed by atoms with Gasteiger partial charge >= 0.3 is 5.97 Å². The van der Waals surface area contributed by atoms with E-state index in [9.17, 15) is 19.8 Å². The first-order chi connectivity index (χ1) is 37.5. The molecule has 0 saturated heterocycles. The van der Waals surface area contributed by atoms with Crippen molar-refractivity contribution in [3.63, 3.8) is 0 Å². The van der Waals surface area contributed by atoms with E-state index < -0.39 is 12.1 Å². The molecule has 0 aliphatic carbocycles. The van der Waals surface area contributed by atoms with E-state index in [-0.39, 0.29) is 18.5 Å². The van der Waals surface area contributed by atoms with Crippen LogP contribution >= 0.6 is 0 Å². The second-order valence-electron chi connectivity index (χ2n) is 23.9. The summed E-state index contributed by atoms with van der Waals surface area (Å²) in [5.41, 5.74) is 0. The van der Waals surface area contributed by atoms with Crippen LogP contribution < -0.4 is 5.32 Å². The number of carbonyl (C=O) groups is 2. The number of amides is 1. The van der Waals surface area contributed by atoms with Crippen molar-refractivity contribution in [2.45, 2.75) is 398 Å². The standard InChI is InChI=1S/C70H135NO5/c1-3-5-7-9-11-13-15-17-19-21-32-36-40-44-48-52-56-60-64-70(75)76-65-61-57-53-49-45-41-37-33-29-27-25-23-22-24-26-28-31-35-39-43-47-51-55-59-63-69(74)71-67(66-72)68(73)62-58-54-50-46-42-38-34-30-20-18-16-14-12-10-8-6-4-2/h13,15,19,21,67-68,72-73H,3-12,14,16-18,20,22-66H2,1-2H3,(H,71,74)/b15-13-,21-19-. The van der Waals surface area contributed by atoms with Crippen LogP contribution in [0.15, 0.2) is 24.3 Å². The Morgan fingerprint density at radius 2 is 0.658 bits per heavy atom. The summed E-state index contributed by atoms with van der Waals surface area (Å²) in [5, 5.41) is 23.4. The van der Waals surface area contributed by atoms with Crippen molar-refractivity contribution in [1.29, 1.82) is 0 Å². The predicted molar refractivity (Wildman–Crippen MR) is 333 cm³/mol. The number of aliphatic hydroxyl groups is 2. The third-order valence-corrected chi connectivity index (χ3v) is 16.3. The van der Waals surface area contributed by atoms with Crippen molar-refractivity contribution in [1.82, 2.24) is 5.32 Å². The normalized spacial score (nSPS) is 12.6. The van der Waals surface area contributed by atoms with Crippen molar-refractivity contribution in [2.75, 3.05) is 13.2 Å². The summed E-state index contributed by atoms with van der Waals surface area (Å²) in [7, 11) is 0. The Labute approximate surface area is 475 Å². The quantitative estimate of drug-likeness (QED) is 0.0320. The molecular weight excluding hydrogens is 935 g/mol. The summed E-state index contributed by atoms with van der Waals surface area (Å²) in [4.78, 5) is 24.6. The zero-order valence-corrected chi connectivity index (χ0v) is 51.5. The fourth-order valence-electron chi connectivity index (χ4n) is 11.0. The smallest absolute Gasteiger partial charge is 0.305 e. The number of unbranched alkanes of at least 4 members (excludes halogenated alkanes) is 50. The van der Waals surface area contributed by atoms with E-state index in [2.05, 4.69) is 43.5 Å². The largest absolute Gasteiger partial charge is 0.466 e. The molecule has 0 heterocycles. The highest BCUT2D eigenvalue weighted by Gasteiger charge is 2.20. The summed E-state index contributed by atoms with van der Waals surface area (Å²) in [6.07, 6.45) is 82.1. The molecule has 0 aromatic heterocycles. The van der Waals surface area contributed by atoms with E-state index in [4.69, 9.17) is 4.74 Å². The minimum absolute atomic E-state index is 0.00893. The number of allylic oxidation sites excluding steroid dienone is 4. The van der Waals surface area contributed by atoms with Gasteiger partial charge in [0.1, 0.15) is 0 Å². The highest BCUT2D eigenvalue weighted by atomic mass is 16.5. The first-order valence-electron chi connectivity index (χ1n) is 34.6. The molecule has 0 aromatic rings. The molecule has 0 spiro atoms. The number of ether oxygens (including phenoxy) is 1. The Kier molecular flexibility index (Phi) is 64.4. The van der Waals surface area contributed by atoms with Crippen LogP contribution in [-0.4, -0.2) is 47.4 Å². The van der Waals surface area contributed by atoms with Gasteiger partial charge in [-0.3, -0.25) is 9.59 Å². The van der Waals surface area contributed by atoms with Gasteiger partial charge in [-0.1, -0.05) is 340 Å². The van der Waals surface area contributed by atoms with Crippen LogP contribution in [-0.2, 0) is 14.3 Å². The van der Waals surface area contributed by atoms with E-state index in [0.29, 0.717) is 25.9 Å². The lowest BCUT2D eigenvalue weighted by molar-refractivity contribution is -0.143. The van der Waals surface area contributed by atoms with Gasteiger partial charge in [0.2, 0.25) is 5.91 Å². The second-order valence-corrected chi connectivity index (χ2v) is 23.9. The molecule has 0 fully saturated rings. The molecular formula is C70H135NO5. The lowest BCUT2D eigenvalue weighted by Crippen LogP contribution is -2.45. The number of hydrogen-bond donors (Lipinski definition) is 3. The number of esters is 1. The second kappa shape index (κ2) is 65.9. The van der Waals surface area contributed by atoms with E-state index in [0.717, 1.165) is 51.4 Å². The maximum Gasteiger partial charge on any atom is 0.305 e. The predicted octanol–water partition coefficient (Wildman–Crippen LogP) is 22.1. The van der Waals surface area contributed by atoms with Gasteiger partial charge in [0.15, 0.2) is 0 Å². The van der Waals surface area contributed by atoms with Crippen molar-refractivity contribution in [3.8, 4) is 0 Å². The van der Waals surface area contributed by atoms with E-state index in [1.54, 1.807) is 0 Å². The molecule has 0 saturated carbocycles. The van der Waals surface area contributed by atoms with Crippen LogP contribution in [0.4, 0.5) is 0 Å². The van der Waals surface area contributed by atoms with Crippen molar-refractivity contribution >= 4 is 11.9 Å². The number of rotatable bonds is 65. The van der Waals surface area contributed by atoms with E-state index >= 15 is 0 Å². The molecule has 0 bridgehead atoms. The molecule has 6 nitrogen and oxygen atoms in total. The molecule has 0 rings (SSSR count). The average molecular weight is 1070 g/mol. The van der Waals surface area contributed by atoms with Crippen LogP contribution in [0.1, 0.15) is 386 Å². The molecule has 2 atom stereocenters. The Balaban J connectivity index is 3.36. The van der Waals surface area contributed by atoms with Crippen LogP contribution in [0.3, 0.4) is 0 Å². The minimum atomic E-state index is -0.664. The Hall–Kier alpha value is -1.66. The highest BCUT2D eigenvalue weighted by molar-refractivity contribution is 5.76. The molecule has 3 N–H and O–H groups in total. The molecule has 0 aromatic carbocycles. The molecule has 0 aliphatic rings. The van der Waals surface area contributed by atoms with Gasteiger partial charge in [-0.05, 0) is 57.8 Å². The van der Waals surface area contributed by atoms with Gasteiger partial charge in [0, 0.05) is 12.8 Å². The number of aliphatic hydroxyl groups excluding tert-OH is 2. The summed E-state index contributed by atoms with van der Waals surface area (Å²) in [6.45, 7) is 4.97. The number of nitrogens with one attached hydrogen (secondary N) is 1. The first-order valence-corrected chi connectivity index (χ1v) is 34.6. The van der Waals surface area contributed by atoms with Gasteiger partial charge < -0.3 is 20.3 Å². The molecule has 1 amide bonds. The minimum Gasteiger partial charge on any atom is -0.466 e. The van der Waals surface area contributed by atoms with Gasteiger partial charge in [0.25, 0.3) is 0 Å². The zero-order chi connectivity index (χ0) is 55.0. The van der Waals surface area contributed by atoms with Crippen molar-refractivity contribution < 1.29 is 24.5 Å². The number of carbonyl (C=O) groups excluding carboxylic acids is 2. The lowest BCUT2D eigenvalue weighted by Gasteiger charge is -2.22. The summed E-state index contributed by atoms with van der Waals surface area (Å²) in [5.74, 6) is -0.0216. The van der Waals surface area contributed by atoms with Crippen molar-refractivity contribution in [2.24, 2.45) is 0 Å². The van der Waals surface area contributed by atoms with Gasteiger partial charge in [0.05, 0.1) is 25.4 Å². The maximum absolute atomic E-state index is 12.5. The third kappa shape index (κ3) is 61.6. The van der Waals surface area contributed by atoms with Gasteiger partial charge in [-0.15, -0.1) is 0 Å². The SMILES string of the molecule is CCCCCC/C=C\C/C=C\CCCCCCCCCC(=O)OCCCCCCCCCCCCCCCCCCCCCCCCCCC(=O)NC(CO)C(O)CCCCCCCCCCCCCCCCCCC. The molecule has 450 valence electrons. The van der Waals surface area contributed by atoms with Gasteiger partial charge in [-0.25, -0.2) is 0 Å². The maximum atomic E-state index is 12.5. The number of hydrogen-bond acceptors (Lipinski definition) is 5. The summed E-state index contributed by atoms with van der Waals surface area (Å²) in [6, 6.07) is -0.541. The molecule has 0 radical (unpaired) electrons. The summed E-state index contributed by atoms with van der Waals surface area (Å²) >= 11 is 0. The van der Waals surface area contributed by atoms with Crippen LogP contribution in [0, 0.1) is 0 Å². The lowest BCUT2D eigenvalue weighted by atomic mass is 10.0. The monoisotopic (exact) mass is 1070 g/mol. The van der Waals surface area contributed by atoms with E-state index in [1.165, 1.54) is 302 Å². The third-order valence-electron chi connectivity index (χ3n) is 16.3. The highest BCUT2D eigenvalue weighted by Crippen LogP contribution is 2.19. The first kappa shape index (κ1) is 74.3. The fraction of sp³-hybridized carbons (Fsp3) is 0.914. The summed E-state index contributed by atoms with van der Waals surface area (Å²) < 4.78 is 5.50. The van der Waals surface area contributed by atoms with Gasteiger partial charge in [-0.2, -0.15) is 0 Å². The Bertz CT molecular complexity index is 1190. The zero-order valence-electron chi connectivity index (χ0n) is 51.5. The van der Waals surface area contributed by atoms with Crippen LogP contribution in [0.2, 0.25) is 0 Å². The molecule has 2 unspecified atom stereocenters. The van der Waals surface area contributed by atoms with E-state index in [1.807, 2.05) is 0 Å². The fourth-order valence-corrected chi connectivity index (χ4v) is 11.0. The molecule has 76 heavy (non-hydrogen) atoms. The topological polar surface area (TPSA) is 95.9 Å².